The van der Waals surface area contributed by atoms with Gasteiger partial charge in [0.1, 0.15) is 0 Å². The summed E-state index contributed by atoms with van der Waals surface area (Å²) in [4.78, 5) is 14.6. The number of fused-ring (bicyclic) bond motifs is 1. The summed E-state index contributed by atoms with van der Waals surface area (Å²) < 4.78 is 3.20. The fourth-order valence-corrected chi connectivity index (χ4v) is 1.19. The molecular weight excluding hydrogens is 158 g/mol. The number of hydrogen-bond acceptors (Lipinski definition) is 2. The van der Waals surface area contributed by atoms with Crippen LogP contribution < -0.4 is 0 Å². The zero-order valence-corrected chi connectivity index (χ0v) is 6.43. The van der Waals surface area contributed by atoms with Crippen LogP contribution >= 0.6 is 0 Å². The Labute approximate surface area is 67.8 Å². The summed E-state index contributed by atoms with van der Waals surface area (Å²) >= 11 is 0. The third-order valence-corrected chi connectivity index (χ3v) is 1.74. The van der Waals surface area contributed by atoms with Crippen molar-refractivity contribution in [1.82, 2.24) is 14.2 Å². The van der Waals surface area contributed by atoms with Gasteiger partial charge in [-0.1, -0.05) is 0 Å². The Balaban J connectivity index is 2.83. The molecule has 5 heteroatoms. The van der Waals surface area contributed by atoms with E-state index in [0.717, 1.165) is 0 Å². The first-order chi connectivity index (χ1) is 5.70. The summed E-state index contributed by atoms with van der Waals surface area (Å²) in [6.45, 7) is 0. The maximum atomic E-state index is 10.7. The molecule has 0 atom stereocenters. The quantitative estimate of drug-likeness (QED) is 0.664. The molecule has 0 fully saturated rings. The molecule has 2 aromatic rings. The molecule has 0 amide bonds. The highest BCUT2D eigenvalue weighted by Gasteiger charge is 2.11. The molecule has 0 aromatic carbocycles. The largest absolute Gasteiger partial charge is 0.476 e. The Morgan fingerprint density at radius 3 is 3.08 bits per heavy atom. The van der Waals surface area contributed by atoms with E-state index in [2.05, 4.69) is 4.98 Å². The van der Waals surface area contributed by atoms with E-state index in [1.807, 2.05) is 0 Å². The first kappa shape index (κ1) is 6.90. The highest BCUT2D eigenvalue weighted by atomic mass is 16.4. The van der Waals surface area contributed by atoms with Crippen molar-refractivity contribution in [1.29, 1.82) is 0 Å². The number of carbonyl (C=O) groups is 1. The Morgan fingerprint density at radius 2 is 2.42 bits per heavy atom. The minimum absolute atomic E-state index is 0.178. The van der Waals surface area contributed by atoms with E-state index in [4.69, 9.17) is 5.11 Å². The zero-order valence-electron chi connectivity index (χ0n) is 6.43. The van der Waals surface area contributed by atoms with Crippen molar-refractivity contribution in [3.05, 3.63) is 24.2 Å². The van der Waals surface area contributed by atoms with Crippen LogP contribution in [-0.4, -0.2) is 25.3 Å². The second kappa shape index (κ2) is 2.10. The smallest absolute Gasteiger partial charge is 0.356 e. The molecule has 0 saturated heterocycles. The van der Waals surface area contributed by atoms with Crippen LogP contribution in [0.4, 0.5) is 0 Å². The molecule has 0 aliphatic rings. The summed E-state index contributed by atoms with van der Waals surface area (Å²) in [7, 11) is 1.76. The van der Waals surface area contributed by atoms with Gasteiger partial charge in [0.05, 0.1) is 6.20 Å². The van der Waals surface area contributed by atoms with Crippen LogP contribution in [0.1, 0.15) is 10.5 Å². The maximum absolute atomic E-state index is 10.7. The lowest BCUT2D eigenvalue weighted by Gasteiger charge is -1.96. The number of carboxylic acid groups (broad SMARTS) is 1. The minimum Gasteiger partial charge on any atom is -0.476 e. The molecule has 0 aliphatic carbocycles. The Kier molecular flexibility index (Phi) is 1.21. The molecule has 1 N–H and O–H groups in total. The van der Waals surface area contributed by atoms with Crippen molar-refractivity contribution in [2.45, 2.75) is 0 Å². The average Bonchev–Trinajstić information content (AvgIpc) is 2.53. The fraction of sp³-hybridized carbons (Fsp3) is 0.143. The van der Waals surface area contributed by atoms with Gasteiger partial charge in [0.15, 0.2) is 11.3 Å². The highest BCUT2D eigenvalue weighted by molar-refractivity contribution is 5.86. The monoisotopic (exact) mass is 165 g/mol. The standard InChI is InChI=1S/C7H7N3O2/c1-9-3-2-6-8-4-5(7(11)12)10(6)9/h2-4H,1H3,(H,11,12). The van der Waals surface area contributed by atoms with Crippen molar-refractivity contribution in [2.75, 3.05) is 0 Å². The normalized spacial score (nSPS) is 10.8. The number of carboxylic acids is 1. The Hall–Kier alpha value is -1.78. The summed E-state index contributed by atoms with van der Waals surface area (Å²) in [5, 5.41) is 8.74. The summed E-state index contributed by atoms with van der Waals surface area (Å²) in [5.41, 5.74) is 0.826. The van der Waals surface area contributed by atoms with E-state index >= 15 is 0 Å². The van der Waals surface area contributed by atoms with Gasteiger partial charge in [0.2, 0.25) is 0 Å². The lowest BCUT2D eigenvalue weighted by Crippen LogP contribution is -2.07. The van der Waals surface area contributed by atoms with Gasteiger partial charge in [-0.05, 0) is 0 Å². The van der Waals surface area contributed by atoms with E-state index < -0.39 is 5.97 Å². The first-order valence-corrected chi connectivity index (χ1v) is 3.42. The van der Waals surface area contributed by atoms with E-state index in [0.29, 0.717) is 5.65 Å². The van der Waals surface area contributed by atoms with Crippen LogP contribution in [-0.2, 0) is 7.05 Å². The molecule has 0 spiro atoms. The van der Waals surface area contributed by atoms with Crippen LogP contribution in [0.25, 0.3) is 5.65 Å². The molecule has 2 aromatic heterocycles. The minimum atomic E-state index is -0.968. The summed E-state index contributed by atoms with van der Waals surface area (Å²) in [6.07, 6.45) is 3.10. The molecule has 2 heterocycles. The fourth-order valence-electron chi connectivity index (χ4n) is 1.19. The number of aromatic carboxylic acids is 1. The molecule has 0 bridgehead atoms. The van der Waals surface area contributed by atoms with E-state index in [9.17, 15) is 4.79 Å². The van der Waals surface area contributed by atoms with Gasteiger partial charge < -0.3 is 5.11 Å². The lowest BCUT2D eigenvalue weighted by molar-refractivity contribution is 0.0686. The zero-order chi connectivity index (χ0) is 8.72. The summed E-state index contributed by atoms with van der Waals surface area (Å²) in [6, 6.07) is 1.76. The SMILES string of the molecule is Cn1ccc2ncc(C(=O)O)n21. The predicted molar refractivity (Wildman–Crippen MR) is 41.1 cm³/mol. The van der Waals surface area contributed by atoms with E-state index in [1.54, 1.807) is 24.0 Å². The average molecular weight is 165 g/mol. The number of rotatable bonds is 1. The van der Waals surface area contributed by atoms with E-state index in [-0.39, 0.29) is 5.69 Å². The van der Waals surface area contributed by atoms with Crippen LogP contribution in [0.3, 0.4) is 0 Å². The number of nitrogens with zero attached hydrogens (tertiary/aromatic N) is 3. The van der Waals surface area contributed by atoms with Crippen LogP contribution in [0.15, 0.2) is 18.5 Å². The molecule has 62 valence electrons. The van der Waals surface area contributed by atoms with Gasteiger partial charge in [0, 0.05) is 19.3 Å². The number of imidazole rings is 1. The molecule has 12 heavy (non-hydrogen) atoms. The molecule has 0 aliphatic heterocycles. The Bertz CT molecular complexity index is 440. The molecular formula is C7H7N3O2. The maximum Gasteiger partial charge on any atom is 0.356 e. The first-order valence-electron chi connectivity index (χ1n) is 3.42. The van der Waals surface area contributed by atoms with Gasteiger partial charge in [-0.2, -0.15) is 0 Å². The van der Waals surface area contributed by atoms with Gasteiger partial charge in [0.25, 0.3) is 0 Å². The number of hydrogen-bond donors (Lipinski definition) is 1. The molecule has 0 saturated carbocycles. The molecule has 0 radical (unpaired) electrons. The number of aryl methyl sites for hydroxylation is 1. The van der Waals surface area contributed by atoms with Crippen molar-refractivity contribution in [3.8, 4) is 0 Å². The molecule has 5 nitrogen and oxygen atoms in total. The van der Waals surface area contributed by atoms with Crippen molar-refractivity contribution < 1.29 is 9.90 Å². The molecule has 0 unspecified atom stereocenters. The van der Waals surface area contributed by atoms with Gasteiger partial charge >= 0.3 is 5.97 Å². The lowest BCUT2D eigenvalue weighted by atomic mass is 10.5. The predicted octanol–water partition coefficient (Wildman–Crippen LogP) is 0.371. The second-order valence-electron chi connectivity index (χ2n) is 2.51. The molecule has 2 rings (SSSR count). The third-order valence-electron chi connectivity index (χ3n) is 1.74. The summed E-state index contributed by atoms with van der Waals surface area (Å²) in [5.74, 6) is -0.968. The highest BCUT2D eigenvalue weighted by Crippen LogP contribution is 2.05. The topological polar surface area (TPSA) is 59.5 Å². The van der Waals surface area contributed by atoms with Crippen LogP contribution in [0, 0.1) is 0 Å². The number of aromatic nitrogens is 3. The van der Waals surface area contributed by atoms with Gasteiger partial charge in [-0.25, -0.2) is 14.3 Å². The van der Waals surface area contributed by atoms with Gasteiger partial charge in [-0.15, -0.1) is 0 Å². The Morgan fingerprint density at radius 1 is 1.67 bits per heavy atom. The van der Waals surface area contributed by atoms with Gasteiger partial charge in [-0.3, -0.25) is 4.68 Å². The van der Waals surface area contributed by atoms with Crippen molar-refractivity contribution in [2.24, 2.45) is 7.05 Å². The van der Waals surface area contributed by atoms with Crippen molar-refractivity contribution in [3.63, 3.8) is 0 Å². The van der Waals surface area contributed by atoms with Crippen LogP contribution in [0.2, 0.25) is 0 Å². The van der Waals surface area contributed by atoms with E-state index in [1.165, 1.54) is 10.7 Å². The van der Waals surface area contributed by atoms with Crippen LogP contribution in [0.5, 0.6) is 0 Å². The van der Waals surface area contributed by atoms with Crippen molar-refractivity contribution >= 4 is 11.6 Å². The second-order valence-corrected chi connectivity index (χ2v) is 2.51. The third kappa shape index (κ3) is 0.730.